The van der Waals surface area contributed by atoms with Gasteiger partial charge in [0.2, 0.25) is 21.8 Å². The summed E-state index contributed by atoms with van der Waals surface area (Å²) in [4.78, 5) is 29.1. The number of hydrogen-bond donors (Lipinski definition) is 1. The van der Waals surface area contributed by atoms with E-state index in [0.29, 0.717) is 33.6 Å². The van der Waals surface area contributed by atoms with E-state index in [0.717, 1.165) is 11.8 Å². The van der Waals surface area contributed by atoms with E-state index in [1.54, 1.807) is 42.5 Å². The van der Waals surface area contributed by atoms with Crippen molar-refractivity contribution in [2.24, 2.45) is 5.92 Å². The lowest BCUT2D eigenvalue weighted by Gasteiger charge is -2.32. The van der Waals surface area contributed by atoms with E-state index < -0.39 is 16.1 Å². The van der Waals surface area contributed by atoms with Crippen molar-refractivity contribution in [3.63, 3.8) is 0 Å². The lowest BCUT2D eigenvalue weighted by molar-refractivity contribution is -0.141. The predicted molar refractivity (Wildman–Crippen MR) is 173 cm³/mol. The summed E-state index contributed by atoms with van der Waals surface area (Å²) in [6.07, 6.45) is 1.61. The first-order chi connectivity index (χ1) is 20.4. The number of nitrogens with zero attached hydrogens (tertiary/aromatic N) is 2. The Morgan fingerprint density at radius 3 is 2.12 bits per heavy atom. The lowest BCUT2D eigenvalue weighted by atomic mass is 10.0. The smallest absolute Gasteiger partial charge is 0.243 e. The molecule has 0 aliphatic rings. The topological polar surface area (TPSA) is 96.0 Å². The Balaban J connectivity index is 1.91. The summed E-state index contributed by atoms with van der Waals surface area (Å²) < 4.78 is 31.8. The number of amides is 2. The number of ether oxygens (including phenoxy) is 1. The number of carbonyl (C=O) groups is 2. The van der Waals surface area contributed by atoms with Gasteiger partial charge < -0.3 is 15.0 Å². The highest BCUT2D eigenvalue weighted by Gasteiger charge is 2.31. The first kappa shape index (κ1) is 34.2. The van der Waals surface area contributed by atoms with Gasteiger partial charge in [0.15, 0.2) is 0 Å². The maximum Gasteiger partial charge on any atom is 0.243 e. The third-order valence-corrected chi connectivity index (χ3v) is 8.76. The van der Waals surface area contributed by atoms with Crippen LogP contribution in [0.3, 0.4) is 0 Å². The van der Waals surface area contributed by atoms with Gasteiger partial charge >= 0.3 is 0 Å². The van der Waals surface area contributed by atoms with Gasteiger partial charge in [0.1, 0.15) is 11.8 Å². The number of rotatable bonds is 15. The molecule has 3 aromatic rings. The molecule has 0 aliphatic heterocycles. The van der Waals surface area contributed by atoms with Gasteiger partial charge in [0.25, 0.3) is 0 Å². The summed E-state index contributed by atoms with van der Waals surface area (Å²) in [5, 5.41) is 3.75. The van der Waals surface area contributed by atoms with E-state index in [-0.39, 0.29) is 50.1 Å². The molecule has 0 bridgehead atoms. The van der Waals surface area contributed by atoms with E-state index in [4.69, 9.17) is 27.9 Å². The zero-order valence-corrected chi connectivity index (χ0v) is 27.3. The Bertz CT molecular complexity index is 1450. The van der Waals surface area contributed by atoms with Gasteiger partial charge in [-0.3, -0.25) is 13.9 Å². The molecule has 1 N–H and O–H groups in total. The van der Waals surface area contributed by atoms with Crippen molar-refractivity contribution in [1.29, 1.82) is 0 Å². The van der Waals surface area contributed by atoms with Crippen molar-refractivity contribution >= 4 is 50.7 Å². The molecule has 0 saturated carbocycles. The van der Waals surface area contributed by atoms with Crippen molar-refractivity contribution in [3.05, 3.63) is 94.0 Å². The molecule has 43 heavy (non-hydrogen) atoms. The van der Waals surface area contributed by atoms with E-state index in [2.05, 4.69) is 5.32 Å². The SMILES string of the molecule is COc1ccc(N(CCCC(=O)N(Cc2c(Cl)cccc2Cl)C(Cc2ccccc2)C(=O)NCC(C)C)S(C)(=O)=O)cc1. The van der Waals surface area contributed by atoms with Crippen LogP contribution < -0.4 is 14.4 Å². The Morgan fingerprint density at radius 1 is 0.930 bits per heavy atom. The fraction of sp³-hybridized carbons (Fsp3) is 0.375. The highest BCUT2D eigenvalue weighted by molar-refractivity contribution is 7.92. The quantitative estimate of drug-likeness (QED) is 0.220. The molecule has 0 heterocycles. The van der Waals surface area contributed by atoms with Gasteiger partial charge in [-0.2, -0.15) is 0 Å². The Kier molecular flexibility index (Phi) is 12.7. The summed E-state index contributed by atoms with van der Waals surface area (Å²) in [5.41, 5.74) is 1.88. The number of hydrogen-bond acceptors (Lipinski definition) is 5. The highest BCUT2D eigenvalue weighted by Crippen LogP contribution is 2.28. The zero-order chi connectivity index (χ0) is 31.6. The van der Waals surface area contributed by atoms with Crippen LogP contribution >= 0.6 is 23.2 Å². The molecule has 0 aliphatic carbocycles. The summed E-state index contributed by atoms with van der Waals surface area (Å²) in [6, 6.07) is 20.4. The Labute approximate surface area is 265 Å². The Hall–Kier alpha value is -3.27. The van der Waals surface area contributed by atoms with Gasteiger partial charge in [-0.1, -0.05) is 73.4 Å². The number of carbonyl (C=O) groups excluding carboxylic acids is 2. The fourth-order valence-electron chi connectivity index (χ4n) is 4.58. The molecule has 3 rings (SSSR count). The highest BCUT2D eigenvalue weighted by atomic mass is 35.5. The first-order valence-electron chi connectivity index (χ1n) is 14.1. The van der Waals surface area contributed by atoms with Crippen molar-refractivity contribution in [2.75, 3.05) is 30.8 Å². The average Bonchev–Trinajstić information content (AvgIpc) is 2.97. The molecule has 232 valence electrons. The van der Waals surface area contributed by atoms with Crippen molar-refractivity contribution in [2.45, 2.75) is 45.7 Å². The lowest BCUT2D eigenvalue weighted by Crippen LogP contribution is -2.51. The maximum absolute atomic E-state index is 14.0. The maximum atomic E-state index is 14.0. The fourth-order valence-corrected chi connectivity index (χ4v) is 6.06. The minimum atomic E-state index is -3.63. The molecule has 0 spiro atoms. The molecule has 1 unspecified atom stereocenters. The number of methoxy groups -OCH3 is 1. The molecule has 8 nitrogen and oxygen atoms in total. The molecule has 2 amide bonds. The summed E-state index contributed by atoms with van der Waals surface area (Å²) in [7, 11) is -2.10. The minimum absolute atomic E-state index is 0.00695. The summed E-state index contributed by atoms with van der Waals surface area (Å²) >= 11 is 13.0. The standard InChI is InChI=1S/C32H39Cl2N3O5S/c1-23(2)21-35-32(39)30(20-24-10-6-5-7-11-24)36(22-27-28(33)12-8-13-29(27)34)31(38)14-9-19-37(43(4,40)41)25-15-17-26(42-3)18-16-25/h5-8,10-13,15-18,23,30H,9,14,19-22H2,1-4H3,(H,35,39). The average molecular weight is 649 g/mol. The molecule has 0 saturated heterocycles. The number of anilines is 1. The van der Waals surface area contributed by atoms with Crippen molar-refractivity contribution in [3.8, 4) is 5.75 Å². The van der Waals surface area contributed by atoms with E-state index >= 15 is 0 Å². The normalized spacial score (nSPS) is 12.1. The third kappa shape index (κ3) is 10.2. The largest absolute Gasteiger partial charge is 0.497 e. The van der Waals surface area contributed by atoms with E-state index in [1.807, 2.05) is 44.2 Å². The third-order valence-electron chi connectivity index (χ3n) is 6.86. The molecular formula is C32H39Cl2N3O5S. The van der Waals surface area contributed by atoms with Crippen LogP contribution in [-0.2, 0) is 32.6 Å². The zero-order valence-electron chi connectivity index (χ0n) is 24.9. The van der Waals surface area contributed by atoms with Crippen LogP contribution in [0.1, 0.15) is 37.8 Å². The number of sulfonamides is 1. The predicted octanol–water partition coefficient (Wildman–Crippen LogP) is 5.96. The molecular weight excluding hydrogens is 609 g/mol. The Morgan fingerprint density at radius 2 is 1.56 bits per heavy atom. The molecule has 0 fully saturated rings. The first-order valence-corrected chi connectivity index (χ1v) is 16.7. The van der Waals surface area contributed by atoms with Crippen molar-refractivity contribution in [1.82, 2.24) is 10.2 Å². The van der Waals surface area contributed by atoms with E-state index in [1.165, 1.54) is 16.3 Å². The van der Waals surface area contributed by atoms with Gasteiger partial charge in [0.05, 0.1) is 19.1 Å². The van der Waals surface area contributed by atoms with Gasteiger partial charge in [-0.15, -0.1) is 0 Å². The molecule has 0 radical (unpaired) electrons. The number of nitrogens with one attached hydrogen (secondary N) is 1. The summed E-state index contributed by atoms with van der Waals surface area (Å²) in [6.45, 7) is 4.52. The van der Waals surface area contributed by atoms with Crippen LogP contribution in [0.5, 0.6) is 5.75 Å². The van der Waals surface area contributed by atoms with Crippen LogP contribution in [0.4, 0.5) is 5.69 Å². The molecule has 11 heteroatoms. The second-order valence-corrected chi connectivity index (χ2v) is 13.4. The number of benzene rings is 3. The molecule has 3 aromatic carbocycles. The van der Waals surface area contributed by atoms with Crippen LogP contribution in [0, 0.1) is 5.92 Å². The van der Waals surface area contributed by atoms with Crippen LogP contribution in [0.2, 0.25) is 10.0 Å². The van der Waals surface area contributed by atoms with Crippen LogP contribution in [-0.4, -0.2) is 57.6 Å². The van der Waals surface area contributed by atoms with Gasteiger partial charge in [-0.05, 0) is 54.3 Å². The van der Waals surface area contributed by atoms with E-state index in [9.17, 15) is 18.0 Å². The van der Waals surface area contributed by atoms with Crippen LogP contribution in [0.15, 0.2) is 72.8 Å². The summed E-state index contributed by atoms with van der Waals surface area (Å²) in [5.74, 6) is 0.203. The van der Waals surface area contributed by atoms with Crippen molar-refractivity contribution < 1.29 is 22.7 Å². The minimum Gasteiger partial charge on any atom is -0.497 e. The monoisotopic (exact) mass is 647 g/mol. The second kappa shape index (κ2) is 16.0. The number of halogens is 2. The van der Waals surface area contributed by atoms with Crippen LogP contribution in [0.25, 0.3) is 0 Å². The van der Waals surface area contributed by atoms with Gasteiger partial charge in [-0.25, -0.2) is 8.42 Å². The molecule has 0 aromatic heterocycles. The van der Waals surface area contributed by atoms with Gasteiger partial charge in [0, 0.05) is 48.1 Å². The molecule has 1 atom stereocenters. The second-order valence-electron chi connectivity index (χ2n) is 10.7.